The standard InChI is InChI=1S/C18H19N3O2S/c1-11-4-5-12-13(9-19-14(12)8-11)15-10-24-17(20-15)21-16(22)18(2)6-3-7-23-18/h4-5,8-10,19H,3,6-7H2,1-2H3,(H,20,21,22). The average Bonchev–Trinajstić information content (AvgIpc) is 3.26. The molecule has 1 amide bonds. The third-order valence-electron chi connectivity index (χ3n) is 4.54. The molecule has 5 nitrogen and oxygen atoms in total. The van der Waals surface area contributed by atoms with Gasteiger partial charge in [0.25, 0.3) is 5.91 Å². The van der Waals surface area contributed by atoms with E-state index in [-0.39, 0.29) is 5.91 Å². The van der Waals surface area contributed by atoms with Gasteiger partial charge >= 0.3 is 0 Å². The van der Waals surface area contributed by atoms with E-state index in [4.69, 9.17) is 4.74 Å². The van der Waals surface area contributed by atoms with Gasteiger partial charge in [-0.05, 0) is 38.3 Å². The number of carbonyl (C=O) groups excluding carboxylic acids is 1. The number of aromatic nitrogens is 2. The number of anilines is 1. The first-order chi connectivity index (χ1) is 11.5. The number of amides is 1. The molecule has 3 heterocycles. The van der Waals surface area contributed by atoms with Crippen molar-refractivity contribution < 1.29 is 9.53 Å². The molecule has 1 aliphatic rings. The van der Waals surface area contributed by atoms with E-state index in [1.165, 1.54) is 16.9 Å². The number of rotatable bonds is 3. The van der Waals surface area contributed by atoms with Gasteiger partial charge in [0.1, 0.15) is 5.60 Å². The molecule has 1 unspecified atom stereocenters. The molecule has 0 aliphatic carbocycles. The highest BCUT2D eigenvalue weighted by Gasteiger charge is 2.38. The van der Waals surface area contributed by atoms with Crippen LogP contribution in [0.3, 0.4) is 0 Å². The fourth-order valence-corrected chi connectivity index (χ4v) is 3.80. The summed E-state index contributed by atoms with van der Waals surface area (Å²) in [6.45, 7) is 4.55. The molecule has 0 saturated carbocycles. The van der Waals surface area contributed by atoms with Crippen molar-refractivity contribution in [1.29, 1.82) is 0 Å². The highest BCUT2D eigenvalue weighted by Crippen LogP contribution is 2.32. The minimum atomic E-state index is -0.732. The van der Waals surface area contributed by atoms with Crippen LogP contribution in [0.15, 0.2) is 29.8 Å². The Morgan fingerprint density at radius 2 is 2.33 bits per heavy atom. The van der Waals surface area contributed by atoms with Crippen molar-refractivity contribution in [2.75, 3.05) is 11.9 Å². The van der Waals surface area contributed by atoms with Gasteiger partial charge in [-0.25, -0.2) is 4.98 Å². The largest absolute Gasteiger partial charge is 0.365 e. The van der Waals surface area contributed by atoms with E-state index in [1.807, 2.05) is 18.5 Å². The van der Waals surface area contributed by atoms with Crippen LogP contribution in [0.2, 0.25) is 0 Å². The van der Waals surface area contributed by atoms with Crippen molar-refractivity contribution in [3.05, 3.63) is 35.3 Å². The molecule has 24 heavy (non-hydrogen) atoms. The monoisotopic (exact) mass is 341 g/mol. The number of ether oxygens (including phenoxy) is 1. The molecule has 1 aromatic carbocycles. The number of hydrogen-bond acceptors (Lipinski definition) is 4. The predicted octanol–water partition coefficient (Wildman–Crippen LogP) is 4.11. The molecule has 0 spiro atoms. The molecule has 1 fully saturated rings. The number of thiazole rings is 1. The van der Waals surface area contributed by atoms with Crippen molar-refractivity contribution in [2.24, 2.45) is 0 Å². The molecule has 0 radical (unpaired) electrons. The Morgan fingerprint density at radius 3 is 3.12 bits per heavy atom. The summed E-state index contributed by atoms with van der Waals surface area (Å²) >= 11 is 1.43. The van der Waals surface area contributed by atoms with Crippen molar-refractivity contribution in [3.8, 4) is 11.3 Å². The van der Waals surface area contributed by atoms with Crippen LogP contribution in [-0.4, -0.2) is 28.1 Å². The highest BCUT2D eigenvalue weighted by atomic mass is 32.1. The maximum absolute atomic E-state index is 12.4. The number of carbonyl (C=O) groups is 1. The summed E-state index contributed by atoms with van der Waals surface area (Å²) < 4.78 is 5.58. The van der Waals surface area contributed by atoms with E-state index in [2.05, 4.69) is 40.4 Å². The van der Waals surface area contributed by atoms with Crippen LogP contribution in [0.5, 0.6) is 0 Å². The zero-order chi connectivity index (χ0) is 16.7. The van der Waals surface area contributed by atoms with Gasteiger partial charge in [-0.3, -0.25) is 10.1 Å². The maximum Gasteiger partial charge on any atom is 0.258 e. The van der Waals surface area contributed by atoms with Gasteiger partial charge in [0.15, 0.2) is 5.13 Å². The number of nitrogens with zero attached hydrogens (tertiary/aromatic N) is 1. The Bertz CT molecular complexity index is 906. The van der Waals surface area contributed by atoms with Crippen molar-refractivity contribution in [2.45, 2.75) is 32.3 Å². The average molecular weight is 341 g/mol. The van der Waals surface area contributed by atoms with Crippen LogP contribution < -0.4 is 5.32 Å². The Morgan fingerprint density at radius 1 is 1.46 bits per heavy atom. The van der Waals surface area contributed by atoms with Crippen LogP contribution in [0, 0.1) is 6.92 Å². The van der Waals surface area contributed by atoms with Gasteiger partial charge < -0.3 is 9.72 Å². The lowest BCUT2D eigenvalue weighted by molar-refractivity contribution is -0.133. The number of H-pyrrole nitrogens is 1. The van der Waals surface area contributed by atoms with Crippen LogP contribution in [0.25, 0.3) is 22.2 Å². The van der Waals surface area contributed by atoms with Crippen molar-refractivity contribution in [1.82, 2.24) is 9.97 Å². The number of benzene rings is 1. The molecule has 1 aliphatic heterocycles. The highest BCUT2D eigenvalue weighted by molar-refractivity contribution is 7.14. The molecule has 6 heteroatoms. The molecule has 3 aromatic rings. The Kier molecular flexibility index (Phi) is 3.66. The van der Waals surface area contributed by atoms with Crippen LogP contribution in [0.4, 0.5) is 5.13 Å². The Balaban J connectivity index is 1.59. The second-order valence-electron chi connectivity index (χ2n) is 6.43. The van der Waals surface area contributed by atoms with E-state index in [1.54, 1.807) is 0 Å². The van der Waals surface area contributed by atoms with E-state index in [9.17, 15) is 4.79 Å². The topological polar surface area (TPSA) is 67.0 Å². The van der Waals surface area contributed by atoms with E-state index >= 15 is 0 Å². The lowest BCUT2D eigenvalue weighted by atomic mass is 10.0. The number of aromatic amines is 1. The maximum atomic E-state index is 12.4. The second kappa shape index (κ2) is 5.72. The molecule has 4 rings (SSSR count). The molecular formula is C18H19N3O2S. The fourth-order valence-electron chi connectivity index (χ4n) is 3.09. The third-order valence-corrected chi connectivity index (χ3v) is 5.29. The molecule has 1 saturated heterocycles. The van der Waals surface area contributed by atoms with Gasteiger partial charge in [0.2, 0.25) is 0 Å². The first-order valence-corrected chi connectivity index (χ1v) is 8.92. The van der Waals surface area contributed by atoms with Gasteiger partial charge in [-0.15, -0.1) is 11.3 Å². The van der Waals surface area contributed by atoms with Crippen LogP contribution >= 0.6 is 11.3 Å². The lowest BCUT2D eigenvalue weighted by Crippen LogP contribution is -2.39. The summed E-state index contributed by atoms with van der Waals surface area (Å²) in [5, 5.41) is 6.60. The summed E-state index contributed by atoms with van der Waals surface area (Å²) in [6.07, 6.45) is 3.63. The van der Waals surface area contributed by atoms with Crippen molar-refractivity contribution in [3.63, 3.8) is 0 Å². The minimum absolute atomic E-state index is 0.115. The first-order valence-electron chi connectivity index (χ1n) is 8.04. The normalized spacial score (nSPS) is 20.6. The van der Waals surface area contributed by atoms with Crippen LogP contribution in [-0.2, 0) is 9.53 Å². The zero-order valence-corrected chi connectivity index (χ0v) is 14.5. The predicted molar refractivity (Wildman–Crippen MR) is 96.4 cm³/mol. The summed E-state index contributed by atoms with van der Waals surface area (Å²) in [7, 11) is 0. The van der Waals surface area contributed by atoms with E-state index in [0.29, 0.717) is 11.7 Å². The second-order valence-corrected chi connectivity index (χ2v) is 7.28. The lowest BCUT2D eigenvalue weighted by Gasteiger charge is -2.20. The molecule has 0 bridgehead atoms. The SMILES string of the molecule is Cc1ccc2c(-c3csc(NC(=O)C4(C)CCCO4)n3)c[nH]c2c1. The number of fused-ring (bicyclic) bond motifs is 1. The molecular weight excluding hydrogens is 322 g/mol. The smallest absolute Gasteiger partial charge is 0.258 e. The quantitative estimate of drug-likeness (QED) is 0.753. The van der Waals surface area contributed by atoms with Gasteiger partial charge in [0, 0.05) is 34.7 Å². The van der Waals surface area contributed by atoms with Crippen molar-refractivity contribution >= 4 is 33.3 Å². The number of aryl methyl sites for hydroxylation is 1. The van der Waals surface area contributed by atoms with E-state index < -0.39 is 5.60 Å². The third kappa shape index (κ3) is 2.61. The Hall–Kier alpha value is -2.18. The van der Waals surface area contributed by atoms with Gasteiger partial charge in [0.05, 0.1) is 5.69 Å². The summed E-state index contributed by atoms with van der Waals surface area (Å²) in [5.41, 5.74) is 3.49. The first kappa shape index (κ1) is 15.4. The minimum Gasteiger partial charge on any atom is -0.365 e. The summed E-state index contributed by atoms with van der Waals surface area (Å²) in [5.74, 6) is -0.115. The number of hydrogen-bond donors (Lipinski definition) is 2. The molecule has 1 atom stereocenters. The summed E-state index contributed by atoms with van der Waals surface area (Å²) in [6, 6.07) is 6.31. The molecule has 124 valence electrons. The van der Waals surface area contributed by atoms with E-state index in [0.717, 1.165) is 35.0 Å². The fraction of sp³-hybridized carbons (Fsp3) is 0.333. The number of nitrogens with one attached hydrogen (secondary N) is 2. The van der Waals surface area contributed by atoms with Gasteiger partial charge in [-0.2, -0.15) is 0 Å². The zero-order valence-electron chi connectivity index (χ0n) is 13.7. The molecule has 2 aromatic heterocycles. The van der Waals surface area contributed by atoms with Crippen LogP contribution in [0.1, 0.15) is 25.3 Å². The molecule has 2 N–H and O–H groups in total. The van der Waals surface area contributed by atoms with Gasteiger partial charge in [-0.1, -0.05) is 12.1 Å². The summed E-state index contributed by atoms with van der Waals surface area (Å²) in [4.78, 5) is 20.3. The Labute approximate surface area is 144 Å².